The topological polar surface area (TPSA) is 57.4 Å². The first-order valence-electron chi connectivity index (χ1n) is 10.4. The Balaban J connectivity index is 1.92. The van der Waals surface area contributed by atoms with Crippen molar-refractivity contribution in [2.45, 2.75) is 58.3 Å². The Bertz CT molecular complexity index is 1220. The quantitative estimate of drug-likeness (QED) is 0.488. The molecule has 1 aliphatic rings. The fourth-order valence-corrected chi connectivity index (χ4v) is 4.43. The molecule has 0 spiro atoms. The second-order valence-corrected chi connectivity index (χ2v) is 8.15. The molecule has 0 bridgehead atoms. The Hall–Kier alpha value is -2.80. The van der Waals surface area contributed by atoms with E-state index in [1.807, 2.05) is 19.1 Å². The SMILES string of the molecule is CCc1c(C(Nc2cc(C)cc3[nH]c(=O)ccc23)C2(CC)OC2(F)F)ccc(C)c1F. The molecule has 4 rings (SSSR count). The molecule has 164 valence electrons. The van der Waals surface area contributed by atoms with E-state index in [1.54, 1.807) is 39.0 Å². The summed E-state index contributed by atoms with van der Waals surface area (Å²) in [6.07, 6.45) is -2.94. The van der Waals surface area contributed by atoms with Crippen molar-refractivity contribution in [1.82, 2.24) is 4.98 Å². The molecule has 7 heteroatoms. The van der Waals surface area contributed by atoms with Gasteiger partial charge in [0.2, 0.25) is 5.56 Å². The van der Waals surface area contributed by atoms with E-state index in [4.69, 9.17) is 4.74 Å². The van der Waals surface area contributed by atoms with Gasteiger partial charge in [-0.25, -0.2) is 4.39 Å². The van der Waals surface area contributed by atoms with Gasteiger partial charge in [-0.15, -0.1) is 0 Å². The van der Waals surface area contributed by atoms with E-state index in [0.717, 1.165) is 5.56 Å². The Kier molecular flexibility index (Phi) is 5.12. The zero-order chi connectivity index (χ0) is 22.6. The third kappa shape index (κ3) is 3.41. The van der Waals surface area contributed by atoms with Crippen LogP contribution in [0.5, 0.6) is 0 Å². The molecule has 0 radical (unpaired) electrons. The molecule has 2 atom stereocenters. The van der Waals surface area contributed by atoms with Crippen LogP contribution in [0.4, 0.5) is 18.9 Å². The summed E-state index contributed by atoms with van der Waals surface area (Å²) in [6, 6.07) is 8.99. The first-order valence-corrected chi connectivity index (χ1v) is 10.4. The smallest absolute Gasteiger partial charge is 0.374 e. The van der Waals surface area contributed by atoms with Gasteiger partial charge in [0.15, 0.2) is 5.60 Å². The zero-order valence-electron chi connectivity index (χ0n) is 17.9. The van der Waals surface area contributed by atoms with Crippen molar-refractivity contribution in [3.8, 4) is 0 Å². The third-order valence-electron chi connectivity index (χ3n) is 6.17. The average molecular weight is 430 g/mol. The van der Waals surface area contributed by atoms with Crippen LogP contribution in [0.2, 0.25) is 0 Å². The molecular formula is C24H25F3N2O2. The fourth-order valence-electron chi connectivity index (χ4n) is 4.43. The van der Waals surface area contributed by atoms with Crippen molar-refractivity contribution in [2.24, 2.45) is 0 Å². The van der Waals surface area contributed by atoms with Crippen LogP contribution < -0.4 is 10.9 Å². The van der Waals surface area contributed by atoms with Gasteiger partial charge in [-0.05, 0) is 67.1 Å². The number of hydrogen-bond donors (Lipinski definition) is 2. The van der Waals surface area contributed by atoms with Gasteiger partial charge >= 0.3 is 6.11 Å². The van der Waals surface area contributed by atoms with Gasteiger partial charge in [0.05, 0.1) is 11.6 Å². The molecule has 1 aromatic heterocycles. The number of halogens is 3. The Labute approximate surface area is 178 Å². The number of ether oxygens (including phenoxy) is 1. The van der Waals surface area contributed by atoms with Crippen molar-refractivity contribution in [2.75, 3.05) is 5.32 Å². The van der Waals surface area contributed by atoms with E-state index >= 15 is 0 Å². The minimum absolute atomic E-state index is 0.0386. The van der Waals surface area contributed by atoms with Crippen LogP contribution in [-0.2, 0) is 11.2 Å². The van der Waals surface area contributed by atoms with Crippen molar-refractivity contribution in [3.63, 3.8) is 0 Å². The van der Waals surface area contributed by atoms with Crippen molar-refractivity contribution >= 4 is 16.6 Å². The van der Waals surface area contributed by atoms with Crippen LogP contribution in [0.15, 0.2) is 41.2 Å². The number of anilines is 1. The molecule has 2 heterocycles. The number of rotatable bonds is 6. The number of aromatic amines is 1. The van der Waals surface area contributed by atoms with Crippen molar-refractivity contribution < 1.29 is 17.9 Å². The number of nitrogens with one attached hydrogen (secondary N) is 2. The van der Waals surface area contributed by atoms with Crippen molar-refractivity contribution in [1.29, 1.82) is 0 Å². The first kappa shape index (κ1) is 21.4. The van der Waals surface area contributed by atoms with Gasteiger partial charge in [-0.2, -0.15) is 8.78 Å². The number of epoxide rings is 1. The number of hydrogen-bond acceptors (Lipinski definition) is 3. The Morgan fingerprint density at radius 1 is 1.13 bits per heavy atom. The second-order valence-electron chi connectivity index (χ2n) is 8.15. The van der Waals surface area contributed by atoms with Crippen LogP contribution in [0.3, 0.4) is 0 Å². The number of fused-ring (bicyclic) bond motifs is 1. The maximum absolute atomic E-state index is 14.9. The standard InChI is InChI=1S/C24H25F3N2O2/c1-5-15-16(8-7-14(4)21(15)25)22(23(6-2)24(26,27)31-23)29-19-12-13(3)11-18-17(19)9-10-20(30)28-18/h7-12,22,29H,5-6H2,1-4H3,(H,28,30). The van der Waals surface area contributed by atoms with Gasteiger partial charge < -0.3 is 10.3 Å². The summed E-state index contributed by atoms with van der Waals surface area (Å²) in [4.78, 5) is 14.5. The summed E-state index contributed by atoms with van der Waals surface area (Å²) in [5.41, 5.74) is 1.26. The molecule has 1 fully saturated rings. The summed E-state index contributed by atoms with van der Waals surface area (Å²) in [7, 11) is 0. The first-order chi connectivity index (χ1) is 14.6. The van der Waals surface area contributed by atoms with Crippen molar-refractivity contribution in [3.05, 3.63) is 74.8 Å². The molecule has 1 aliphatic heterocycles. The average Bonchev–Trinajstić information content (AvgIpc) is 3.29. The summed E-state index contributed by atoms with van der Waals surface area (Å²) < 4.78 is 49.0. The van der Waals surface area contributed by atoms with E-state index in [9.17, 15) is 18.0 Å². The molecule has 2 N–H and O–H groups in total. The second kappa shape index (κ2) is 7.41. The number of alkyl halides is 2. The predicted octanol–water partition coefficient (Wildman–Crippen LogP) is 5.77. The van der Waals surface area contributed by atoms with Crippen LogP contribution in [0.1, 0.15) is 48.6 Å². The number of benzene rings is 2. The largest absolute Gasteiger partial charge is 0.388 e. The molecule has 1 saturated heterocycles. The van der Waals surface area contributed by atoms with Gasteiger partial charge in [-0.1, -0.05) is 26.0 Å². The van der Waals surface area contributed by atoms with Gasteiger partial charge in [-0.3, -0.25) is 9.53 Å². The van der Waals surface area contributed by atoms with Crippen LogP contribution >= 0.6 is 0 Å². The summed E-state index contributed by atoms with van der Waals surface area (Å²) >= 11 is 0. The molecule has 2 unspecified atom stereocenters. The minimum atomic E-state index is -3.33. The van der Waals surface area contributed by atoms with Crippen LogP contribution in [0, 0.1) is 19.7 Å². The highest BCUT2D eigenvalue weighted by Gasteiger charge is 2.77. The minimum Gasteiger partial charge on any atom is -0.374 e. The summed E-state index contributed by atoms with van der Waals surface area (Å²) in [5, 5.41) is 3.91. The highest BCUT2D eigenvalue weighted by atomic mass is 19.3. The van der Waals surface area contributed by atoms with E-state index in [-0.39, 0.29) is 17.8 Å². The fraction of sp³-hybridized carbons (Fsp3) is 0.375. The number of pyridine rings is 1. The highest BCUT2D eigenvalue weighted by Crippen LogP contribution is 2.60. The molecule has 0 saturated carbocycles. The summed E-state index contributed by atoms with van der Waals surface area (Å²) in [5.74, 6) is -0.388. The zero-order valence-corrected chi connectivity index (χ0v) is 17.9. The van der Waals surface area contributed by atoms with E-state index in [1.165, 1.54) is 6.07 Å². The maximum Gasteiger partial charge on any atom is 0.388 e. The highest BCUT2D eigenvalue weighted by molar-refractivity contribution is 5.92. The molecule has 31 heavy (non-hydrogen) atoms. The lowest BCUT2D eigenvalue weighted by Gasteiger charge is -2.29. The maximum atomic E-state index is 14.9. The van der Waals surface area contributed by atoms with E-state index < -0.39 is 17.8 Å². The molecule has 0 amide bonds. The van der Waals surface area contributed by atoms with E-state index in [0.29, 0.717) is 39.7 Å². The number of aromatic nitrogens is 1. The Morgan fingerprint density at radius 2 is 1.84 bits per heavy atom. The lowest BCUT2D eigenvalue weighted by Crippen LogP contribution is -2.34. The number of H-pyrrole nitrogens is 1. The van der Waals surface area contributed by atoms with Gasteiger partial charge in [0, 0.05) is 17.1 Å². The lowest BCUT2D eigenvalue weighted by atomic mass is 9.85. The summed E-state index contributed by atoms with van der Waals surface area (Å²) in [6.45, 7) is 6.95. The lowest BCUT2D eigenvalue weighted by molar-refractivity contribution is 0.000435. The number of aryl methyl sites for hydroxylation is 2. The molecule has 4 nitrogen and oxygen atoms in total. The molecule has 2 aromatic carbocycles. The molecule has 0 aliphatic carbocycles. The molecule has 3 aromatic rings. The normalized spacial score (nSPS) is 20.6. The predicted molar refractivity (Wildman–Crippen MR) is 115 cm³/mol. The van der Waals surface area contributed by atoms with Crippen LogP contribution in [0.25, 0.3) is 10.9 Å². The van der Waals surface area contributed by atoms with Gasteiger partial charge in [0.25, 0.3) is 0 Å². The van der Waals surface area contributed by atoms with E-state index in [2.05, 4.69) is 10.3 Å². The third-order valence-corrected chi connectivity index (χ3v) is 6.17. The van der Waals surface area contributed by atoms with Gasteiger partial charge in [0.1, 0.15) is 5.82 Å². The monoisotopic (exact) mass is 430 g/mol. The Morgan fingerprint density at radius 3 is 2.45 bits per heavy atom. The van der Waals surface area contributed by atoms with Crippen LogP contribution in [-0.4, -0.2) is 16.7 Å². The molecular weight excluding hydrogens is 405 g/mol.